The smallest absolute Gasteiger partial charge is 0.307 e. The third kappa shape index (κ3) is 2.93. The largest absolute Gasteiger partial charge is 0.329 e. The number of hydrogen-bond acceptors (Lipinski definition) is 3. The standard InChI is InChI=1S/C14H15ClN4O2/c1-3-4-9-19-10(7-5-6-8-15)16-12-11(19)13(20)17-14(21)18(12)2/h5,7H,6,8-9H2,1-2H3,(H,17,20,21). The Balaban J connectivity index is 2.74. The summed E-state index contributed by atoms with van der Waals surface area (Å²) >= 11 is 5.64. The summed E-state index contributed by atoms with van der Waals surface area (Å²) < 4.78 is 3.00. The third-order valence-corrected chi connectivity index (χ3v) is 3.21. The van der Waals surface area contributed by atoms with Gasteiger partial charge >= 0.3 is 5.69 Å². The second kappa shape index (κ2) is 6.46. The maximum Gasteiger partial charge on any atom is 0.329 e. The number of alkyl halides is 1. The molecule has 0 aromatic carbocycles. The lowest BCUT2D eigenvalue weighted by atomic mass is 10.4. The molecule has 21 heavy (non-hydrogen) atoms. The molecule has 0 saturated carbocycles. The summed E-state index contributed by atoms with van der Waals surface area (Å²) in [7, 11) is 1.57. The van der Waals surface area contributed by atoms with Crippen LogP contribution in [0.5, 0.6) is 0 Å². The highest BCUT2D eigenvalue weighted by molar-refractivity contribution is 6.17. The molecule has 0 bridgehead atoms. The van der Waals surface area contributed by atoms with E-state index in [1.54, 1.807) is 24.6 Å². The van der Waals surface area contributed by atoms with Crippen molar-refractivity contribution in [2.75, 3.05) is 5.88 Å². The van der Waals surface area contributed by atoms with Gasteiger partial charge in [-0.1, -0.05) is 12.0 Å². The summed E-state index contributed by atoms with van der Waals surface area (Å²) in [5.74, 6) is 6.77. The molecule has 0 unspecified atom stereocenters. The van der Waals surface area contributed by atoms with Gasteiger partial charge in [0.2, 0.25) is 0 Å². The summed E-state index contributed by atoms with van der Waals surface area (Å²) in [4.78, 5) is 30.3. The molecule has 7 heteroatoms. The Morgan fingerprint density at radius 2 is 2.19 bits per heavy atom. The van der Waals surface area contributed by atoms with Crippen molar-refractivity contribution in [2.24, 2.45) is 7.05 Å². The average Bonchev–Trinajstić information content (AvgIpc) is 2.82. The first-order valence-electron chi connectivity index (χ1n) is 6.41. The van der Waals surface area contributed by atoms with E-state index in [9.17, 15) is 9.59 Å². The van der Waals surface area contributed by atoms with Gasteiger partial charge in [-0.15, -0.1) is 17.5 Å². The highest BCUT2D eigenvalue weighted by Crippen LogP contribution is 2.12. The van der Waals surface area contributed by atoms with Crippen LogP contribution < -0.4 is 11.2 Å². The Kier molecular flexibility index (Phi) is 4.66. The van der Waals surface area contributed by atoms with Gasteiger partial charge in [-0.2, -0.15) is 0 Å². The minimum absolute atomic E-state index is 0.328. The molecule has 2 rings (SSSR count). The summed E-state index contributed by atoms with van der Waals surface area (Å²) in [6, 6.07) is 0. The molecule has 0 saturated heterocycles. The van der Waals surface area contributed by atoms with Crippen LogP contribution in [0.1, 0.15) is 19.2 Å². The van der Waals surface area contributed by atoms with E-state index in [0.717, 1.165) is 0 Å². The predicted molar refractivity (Wildman–Crippen MR) is 83.4 cm³/mol. The van der Waals surface area contributed by atoms with E-state index in [1.165, 1.54) is 4.57 Å². The number of fused-ring (bicyclic) bond motifs is 1. The third-order valence-electron chi connectivity index (χ3n) is 2.99. The summed E-state index contributed by atoms with van der Waals surface area (Å²) in [6.45, 7) is 2.05. The lowest BCUT2D eigenvalue weighted by Crippen LogP contribution is -2.29. The van der Waals surface area contributed by atoms with Crippen molar-refractivity contribution in [3.63, 3.8) is 0 Å². The zero-order valence-corrected chi connectivity index (χ0v) is 12.6. The molecular formula is C14H15ClN4O2. The number of aryl methyl sites for hydroxylation is 1. The van der Waals surface area contributed by atoms with Crippen LogP contribution in [0.4, 0.5) is 0 Å². The van der Waals surface area contributed by atoms with Crippen LogP contribution in [-0.4, -0.2) is 25.0 Å². The van der Waals surface area contributed by atoms with Crippen LogP contribution >= 0.6 is 11.6 Å². The minimum Gasteiger partial charge on any atom is -0.307 e. The van der Waals surface area contributed by atoms with Crippen LogP contribution in [0.3, 0.4) is 0 Å². The molecule has 2 aromatic heterocycles. The Morgan fingerprint density at radius 1 is 1.43 bits per heavy atom. The van der Waals surface area contributed by atoms with Gasteiger partial charge in [0.15, 0.2) is 11.2 Å². The zero-order valence-electron chi connectivity index (χ0n) is 11.8. The number of H-pyrrole nitrogens is 1. The van der Waals surface area contributed by atoms with Crippen molar-refractivity contribution in [2.45, 2.75) is 19.9 Å². The highest BCUT2D eigenvalue weighted by Gasteiger charge is 2.14. The van der Waals surface area contributed by atoms with Gasteiger partial charge < -0.3 is 4.57 Å². The maximum absolute atomic E-state index is 12.1. The molecule has 0 aliphatic heterocycles. The average molecular weight is 307 g/mol. The van der Waals surface area contributed by atoms with Crippen molar-refractivity contribution in [3.05, 3.63) is 32.7 Å². The Morgan fingerprint density at radius 3 is 2.86 bits per heavy atom. The molecule has 6 nitrogen and oxygen atoms in total. The molecule has 0 atom stereocenters. The lowest BCUT2D eigenvalue weighted by molar-refractivity contribution is 0.821. The Hall–Kier alpha value is -2.26. The van der Waals surface area contributed by atoms with Gasteiger partial charge in [0.25, 0.3) is 5.56 Å². The van der Waals surface area contributed by atoms with Crippen LogP contribution in [0.15, 0.2) is 15.7 Å². The molecule has 0 fully saturated rings. The molecular weight excluding hydrogens is 292 g/mol. The van der Waals surface area contributed by atoms with Crippen molar-refractivity contribution in [3.8, 4) is 11.8 Å². The van der Waals surface area contributed by atoms with Gasteiger partial charge in [-0.3, -0.25) is 14.3 Å². The molecule has 0 spiro atoms. The second-order valence-corrected chi connectivity index (χ2v) is 4.73. The van der Waals surface area contributed by atoms with Crippen molar-refractivity contribution in [1.29, 1.82) is 0 Å². The number of nitrogens with zero attached hydrogens (tertiary/aromatic N) is 3. The molecule has 1 N–H and O–H groups in total. The highest BCUT2D eigenvalue weighted by atomic mass is 35.5. The summed E-state index contributed by atoms with van der Waals surface area (Å²) in [5, 5.41) is 0. The molecule has 0 aliphatic rings. The lowest BCUT2D eigenvalue weighted by Gasteiger charge is -2.01. The number of aromatic nitrogens is 4. The van der Waals surface area contributed by atoms with E-state index >= 15 is 0 Å². The number of nitrogens with one attached hydrogen (secondary N) is 1. The number of aromatic amines is 1. The first kappa shape index (κ1) is 15.1. The number of imidazole rings is 1. The second-order valence-electron chi connectivity index (χ2n) is 4.35. The summed E-state index contributed by atoms with van der Waals surface area (Å²) in [6.07, 6.45) is 4.35. The molecule has 0 amide bonds. The van der Waals surface area contributed by atoms with Crippen LogP contribution in [-0.2, 0) is 13.6 Å². The summed E-state index contributed by atoms with van der Waals surface area (Å²) in [5.41, 5.74) is -0.275. The monoisotopic (exact) mass is 306 g/mol. The van der Waals surface area contributed by atoms with Gasteiger partial charge in [-0.25, -0.2) is 9.78 Å². The van der Waals surface area contributed by atoms with E-state index in [-0.39, 0.29) is 0 Å². The molecule has 2 heterocycles. The number of rotatable bonds is 4. The van der Waals surface area contributed by atoms with Gasteiger partial charge in [0.1, 0.15) is 5.82 Å². The Labute approximate surface area is 126 Å². The predicted octanol–water partition coefficient (Wildman–Crippen LogP) is 1.09. The fourth-order valence-corrected chi connectivity index (χ4v) is 2.07. The van der Waals surface area contributed by atoms with Gasteiger partial charge in [0, 0.05) is 12.9 Å². The number of allylic oxidation sites excluding steroid dienone is 1. The topological polar surface area (TPSA) is 72.7 Å². The normalized spacial score (nSPS) is 11.0. The molecule has 2 aromatic rings. The minimum atomic E-state index is -0.491. The van der Waals surface area contributed by atoms with E-state index in [1.807, 2.05) is 6.08 Å². The zero-order chi connectivity index (χ0) is 15.4. The van der Waals surface area contributed by atoms with Crippen molar-refractivity contribution < 1.29 is 0 Å². The van der Waals surface area contributed by atoms with Crippen LogP contribution in [0.25, 0.3) is 17.2 Å². The first-order chi connectivity index (χ1) is 10.1. The quantitative estimate of drug-likeness (QED) is 0.679. The van der Waals surface area contributed by atoms with E-state index in [0.29, 0.717) is 35.8 Å². The SMILES string of the molecule is CC#CCn1c(C=CCCCl)nc2c1c(=O)[nH]c(=O)n2C. The molecule has 110 valence electrons. The van der Waals surface area contributed by atoms with Crippen LogP contribution in [0.2, 0.25) is 0 Å². The van der Waals surface area contributed by atoms with E-state index in [4.69, 9.17) is 11.6 Å². The van der Waals surface area contributed by atoms with E-state index < -0.39 is 11.2 Å². The Bertz CT molecular complexity index is 861. The fraction of sp³-hybridized carbons (Fsp3) is 0.357. The van der Waals surface area contributed by atoms with Crippen molar-refractivity contribution in [1.82, 2.24) is 19.1 Å². The number of hydrogen-bond donors (Lipinski definition) is 1. The first-order valence-corrected chi connectivity index (χ1v) is 6.95. The molecule has 0 radical (unpaired) electrons. The molecule has 0 aliphatic carbocycles. The number of halogens is 1. The van der Waals surface area contributed by atoms with E-state index in [2.05, 4.69) is 21.8 Å². The van der Waals surface area contributed by atoms with Crippen molar-refractivity contribution >= 4 is 28.8 Å². The van der Waals surface area contributed by atoms with Crippen LogP contribution in [0, 0.1) is 11.8 Å². The van der Waals surface area contributed by atoms with Gasteiger partial charge in [-0.05, 0) is 19.4 Å². The van der Waals surface area contributed by atoms with Gasteiger partial charge in [0.05, 0.1) is 6.54 Å². The fourth-order valence-electron chi connectivity index (χ4n) is 1.95. The maximum atomic E-state index is 12.1.